The number of alkyl halides is 2. The molecule has 3 aromatic rings. The van der Waals surface area contributed by atoms with E-state index in [4.69, 9.17) is 0 Å². The molecular weight excluding hydrogens is 487 g/mol. The van der Waals surface area contributed by atoms with Gasteiger partial charge in [0.1, 0.15) is 11.5 Å². The summed E-state index contributed by atoms with van der Waals surface area (Å²) in [5.41, 5.74) is 3.04. The van der Waals surface area contributed by atoms with Crippen LogP contribution < -0.4 is 20.4 Å². The molecular formula is C24H31BClF2N7O. The summed E-state index contributed by atoms with van der Waals surface area (Å²) in [5.74, 6) is 0.625. The van der Waals surface area contributed by atoms with Crippen LogP contribution in [0.3, 0.4) is 0 Å². The number of halogens is 3. The lowest BCUT2D eigenvalue weighted by atomic mass is 10.1. The number of rotatable bonds is 3. The third-order valence-corrected chi connectivity index (χ3v) is 5.99. The van der Waals surface area contributed by atoms with E-state index < -0.39 is 12.5 Å². The fraction of sp³-hybridized carbons (Fsp3) is 0.458. The molecule has 0 spiro atoms. The van der Waals surface area contributed by atoms with Crippen LogP contribution in [0.25, 0.3) is 5.65 Å². The number of aryl methyl sites for hydroxylation is 1. The topological polar surface area (TPSA) is 77.8 Å². The van der Waals surface area contributed by atoms with Crippen molar-refractivity contribution in [3.8, 4) is 0 Å². The number of pyridine rings is 2. The number of imidazole rings is 1. The Hall–Kier alpha value is -2.92. The molecule has 2 aliphatic rings. The van der Waals surface area contributed by atoms with Crippen LogP contribution in [0.1, 0.15) is 44.0 Å². The van der Waals surface area contributed by atoms with Crippen LogP contribution in [0, 0.1) is 6.92 Å². The second-order valence-corrected chi connectivity index (χ2v) is 8.36. The molecule has 12 heteroatoms. The zero-order valence-corrected chi connectivity index (χ0v) is 21.7. The lowest BCUT2D eigenvalue weighted by molar-refractivity contribution is 0.152. The third kappa shape index (κ3) is 5.73. The molecule has 2 amide bonds. The van der Waals surface area contributed by atoms with E-state index in [0.717, 1.165) is 30.9 Å². The van der Waals surface area contributed by atoms with E-state index in [1.54, 1.807) is 30.4 Å². The van der Waals surface area contributed by atoms with Gasteiger partial charge in [-0.25, -0.2) is 35.0 Å². The number of carbonyl (C=O) groups excluding carboxylic acids is 1. The molecule has 1 saturated heterocycles. The largest absolute Gasteiger partial charge is 0.368 e. The van der Waals surface area contributed by atoms with Crippen LogP contribution in [0.15, 0.2) is 30.7 Å². The molecule has 5 rings (SSSR count). The molecule has 0 saturated carbocycles. The van der Waals surface area contributed by atoms with Crippen LogP contribution >= 0.6 is 11.5 Å². The lowest BCUT2D eigenvalue weighted by Gasteiger charge is -2.34. The number of aromatic nitrogens is 3. The van der Waals surface area contributed by atoms with Gasteiger partial charge in [0.25, 0.3) is 6.43 Å². The van der Waals surface area contributed by atoms with E-state index in [1.165, 1.54) is 10.5 Å². The summed E-state index contributed by atoms with van der Waals surface area (Å²) >= 11 is 4.14. The van der Waals surface area contributed by atoms with E-state index in [2.05, 4.69) is 51.1 Å². The quantitative estimate of drug-likeness (QED) is 0.492. The van der Waals surface area contributed by atoms with Gasteiger partial charge in [0.2, 0.25) is 7.26 Å². The van der Waals surface area contributed by atoms with E-state index in [0.29, 0.717) is 30.5 Å². The van der Waals surface area contributed by atoms with E-state index in [9.17, 15) is 13.6 Å². The Kier molecular flexibility index (Phi) is 9.50. The van der Waals surface area contributed by atoms with Crippen molar-refractivity contribution in [2.45, 2.75) is 46.6 Å². The van der Waals surface area contributed by atoms with Crippen LogP contribution in [0.5, 0.6) is 0 Å². The number of amides is 2. The highest BCUT2D eigenvalue weighted by Gasteiger charge is 2.31. The summed E-state index contributed by atoms with van der Waals surface area (Å²) in [6, 6.07) is 3.29. The van der Waals surface area contributed by atoms with Gasteiger partial charge in [0.05, 0.1) is 16.9 Å². The molecule has 8 nitrogen and oxygen atoms in total. The van der Waals surface area contributed by atoms with E-state index in [-0.39, 0.29) is 16.9 Å². The molecule has 0 bridgehead atoms. The monoisotopic (exact) mass is 517 g/mol. The number of hydrogen-bond acceptors (Lipinski definition) is 5. The Bertz CT molecular complexity index is 1190. The fourth-order valence-electron chi connectivity index (χ4n) is 4.59. The molecule has 5 heterocycles. The number of nitrogens with one attached hydrogen (secondary N) is 2. The molecule has 36 heavy (non-hydrogen) atoms. The fourth-order valence-corrected chi connectivity index (χ4v) is 4.59. The number of anilines is 3. The van der Waals surface area contributed by atoms with Crippen LogP contribution in [-0.2, 0) is 6.42 Å². The van der Waals surface area contributed by atoms with Gasteiger partial charge in [-0.15, -0.1) is 0 Å². The molecule has 1 atom stereocenters. The zero-order chi connectivity index (χ0) is 26.4. The zero-order valence-electron chi connectivity index (χ0n) is 20.9. The Labute approximate surface area is 216 Å². The van der Waals surface area contributed by atoms with Gasteiger partial charge >= 0.3 is 6.03 Å². The minimum atomic E-state index is -2.70. The maximum absolute atomic E-state index is 13.6. The highest BCUT2D eigenvalue weighted by atomic mass is 35.5. The first-order chi connectivity index (χ1) is 17.4. The van der Waals surface area contributed by atoms with Crippen molar-refractivity contribution >= 4 is 47.6 Å². The SMILES string of the molecule is CC.Cc1cn2cc(NC(=O)N3CCc4c(N5CCNC(C)C5)ccnc43)cc(C(F)F)c2n1.[B]Cl. The second-order valence-electron chi connectivity index (χ2n) is 8.36. The number of fused-ring (bicyclic) bond motifs is 2. The summed E-state index contributed by atoms with van der Waals surface area (Å²) in [5, 5.41) is 6.21. The van der Waals surface area contributed by atoms with Crippen molar-refractivity contribution in [2.75, 3.05) is 41.3 Å². The van der Waals surface area contributed by atoms with Crippen LogP contribution in [-0.4, -0.2) is 59.9 Å². The van der Waals surface area contributed by atoms with E-state index >= 15 is 0 Å². The molecule has 3 aromatic heterocycles. The Morgan fingerprint density at radius 2 is 2.03 bits per heavy atom. The van der Waals surface area contributed by atoms with Crippen LogP contribution in [0.4, 0.5) is 30.8 Å². The first kappa shape index (κ1) is 27.7. The van der Waals surface area contributed by atoms with Gasteiger partial charge in [0, 0.05) is 62.1 Å². The molecule has 0 aromatic carbocycles. The highest BCUT2D eigenvalue weighted by Crippen LogP contribution is 2.35. The van der Waals surface area contributed by atoms with Crippen molar-refractivity contribution in [3.63, 3.8) is 0 Å². The number of urea groups is 1. The smallest absolute Gasteiger partial charge is 0.327 e. The van der Waals surface area contributed by atoms with Gasteiger partial charge < -0.3 is 19.9 Å². The molecule has 1 unspecified atom stereocenters. The average molecular weight is 518 g/mol. The van der Waals surface area contributed by atoms with Gasteiger partial charge in [0.15, 0.2) is 0 Å². The van der Waals surface area contributed by atoms with Gasteiger partial charge in [-0.05, 0) is 32.4 Å². The number of carbonyl (C=O) groups is 1. The minimum absolute atomic E-state index is 0.193. The predicted octanol–water partition coefficient (Wildman–Crippen LogP) is 4.70. The maximum atomic E-state index is 13.6. The first-order valence-corrected chi connectivity index (χ1v) is 12.4. The summed E-state index contributed by atoms with van der Waals surface area (Å²) in [6.45, 7) is 11.1. The number of piperazine rings is 1. The summed E-state index contributed by atoms with van der Waals surface area (Å²) in [7, 11) is 3.97. The van der Waals surface area contributed by atoms with Gasteiger partial charge in [-0.3, -0.25) is 4.90 Å². The van der Waals surface area contributed by atoms with Crippen molar-refractivity contribution in [2.24, 2.45) is 0 Å². The lowest BCUT2D eigenvalue weighted by Crippen LogP contribution is -2.49. The van der Waals surface area contributed by atoms with Crippen molar-refractivity contribution < 1.29 is 13.6 Å². The summed E-state index contributed by atoms with van der Waals surface area (Å²) in [6.07, 6.45) is 2.98. The number of nitrogens with zero attached hydrogens (tertiary/aromatic N) is 5. The van der Waals surface area contributed by atoms with E-state index in [1.807, 2.05) is 19.9 Å². The standard InChI is InChI=1S/C22H25F2N7O.C2H6.BCl/c1-13-10-29(8-6-25-13)18-3-5-26-20-16(18)4-7-31(20)22(32)28-15-9-17(19(23)24)21-27-14(2)11-30(21)12-15;2*1-2/h3,5,9,11-13,19,25H,4,6-8,10H2,1-2H3,(H,28,32);1-2H3;. The third-order valence-electron chi connectivity index (χ3n) is 5.99. The highest BCUT2D eigenvalue weighted by molar-refractivity contribution is 6.80. The molecule has 2 radical (unpaired) electrons. The predicted molar refractivity (Wildman–Crippen MR) is 142 cm³/mol. The van der Waals surface area contributed by atoms with Crippen molar-refractivity contribution in [1.29, 1.82) is 0 Å². The Morgan fingerprint density at radius 1 is 1.28 bits per heavy atom. The van der Waals surface area contributed by atoms with Gasteiger partial charge in [-0.2, -0.15) is 0 Å². The minimum Gasteiger partial charge on any atom is -0.368 e. The van der Waals surface area contributed by atoms with Gasteiger partial charge in [-0.1, -0.05) is 13.8 Å². The average Bonchev–Trinajstić information content (AvgIpc) is 3.48. The van der Waals surface area contributed by atoms with Crippen LogP contribution in [0.2, 0.25) is 0 Å². The summed E-state index contributed by atoms with van der Waals surface area (Å²) < 4.78 is 28.7. The molecule has 0 aliphatic carbocycles. The first-order valence-electron chi connectivity index (χ1n) is 11.9. The van der Waals surface area contributed by atoms with Crippen molar-refractivity contribution in [1.82, 2.24) is 19.7 Å². The number of hydrogen-bond donors (Lipinski definition) is 2. The van der Waals surface area contributed by atoms with Crippen molar-refractivity contribution in [3.05, 3.63) is 47.5 Å². The maximum Gasteiger partial charge on any atom is 0.327 e. The second kappa shape index (κ2) is 12.4. The molecule has 2 aliphatic heterocycles. The normalized spacial score (nSPS) is 16.7. The molecule has 1 fully saturated rings. The molecule has 2 N–H and O–H groups in total. The Balaban J connectivity index is 0.000000861. The Morgan fingerprint density at radius 3 is 2.72 bits per heavy atom. The summed E-state index contributed by atoms with van der Waals surface area (Å²) in [4.78, 5) is 25.6. The molecule has 192 valence electrons.